The molecule has 0 aliphatic rings. The number of nitrogens with zero attached hydrogens (tertiary/aromatic N) is 1. The molecule has 0 fully saturated rings. The lowest BCUT2D eigenvalue weighted by atomic mass is 9.80. The van der Waals surface area contributed by atoms with Gasteiger partial charge in [0.2, 0.25) is 0 Å². The first-order valence-electron chi connectivity index (χ1n) is 12.6. The van der Waals surface area contributed by atoms with E-state index in [9.17, 15) is 4.79 Å². The van der Waals surface area contributed by atoms with Gasteiger partial charge in [0.15, 0.2) is 0 Å². The van der Waals surface area contributed by atoms with Crippen molar-refractivity contribution in [1.29, 1.82) is 0 Å². The maximum atomic E-state index is 13.0. The molecule has 0 aromatic heterocycles. The predicted molar refractivity (Wildman–Crippen MR) is 151 cm³/mol. The van der Waals surface area contributed by atoms with E-state index in [2.05, 4.69) is 62.6 Å². The highest BCUT2D eigenvalue weighted by Crippen LogP contribution is 2.40. The number of carbonyl (C=O) groups excluding carboxylic acids is 1. The molecule has 1 atom stereocenters. The highest BCUT2D eigenvalue weighted by Gasteiger charge is 2.39. The van der Waals surface area contributed by atoms with E-state index in [4.69, 9.17) is 9.47 Å². The van der Waals surface area contributed by atoms with Crippen molar-refractivity contribution in [2.75, 3.05) is 19.9 Å². The Morgan fingerprint density at radius 3 is 1.69 bits per heavy atom. The van der Waals surface area contributed by atoms with Crippen LogP contribution in [-0.4, -0.2) is 45.0 Å². The van der Waals surface area contributed by atoms with E-state index in [1.807, 2.05) is 65.6 Å². The van der Waals surface area contributed by atoms with E-state index in [1.165, 1.54) is 7.11 Å². The molecule has 0 spiro atoms. The van der Waals surface area contributed by atoms with Crippen LogP contribution in [0.4, 0.5) is 4.79 Å². The minimum atomic E-state index is -1.62. The molecule has 3 rings (SSSR count). The van der Waals surface area contributed by atoms with Gasteiger partial charge in [-0.2, -0.15) is 0 Å². The fourth-order valence-electron chi connectivity index (χ4n) is 4.60. The van der Waals surface area contributed by atoms with Crippen LogP contribution in [0.15, 0.2) is 104 Å². The average Bonchev–Trinajstić information content (AvgIpc) is 2.90. The van der Waals surface area contributed by atoms with Gasteiger partial charge in [-0.25, -0.2) is 4.79 Å². The van der Waals surface area contributed by atoms with Gasteiger partial charge in [-0.1, -0.05) is 117 Å². The third-order valence-electron chi connectivity index (χ3n) is 6.23. The Labute approximate surface area is 217 Å². The summed E-state index contributed by atoms with van der Waals surface area (Å²) in [5.41, 5.74) is 2.29. The summed E-state index contributed by atoms with van der Waals surface area (Å²) < 4.78 is 12.3. The molecule has 5 heteroatoms. The van der Waals surface area contributed by atoms with Gasteiger partial charge in [-0.15, -0.1) is 6.58 Å². The zero-order valence-electron chi connectivity index (χ0n) is 22.0. The summed E-state index contributed by atoms with van der Waals surface area (Å²) in [5, 5.41) is 0. The van der Waals surface area contributed by atoms with E-state index >= 15 is 0 Å². The zero-order valence-corrected chi connectivity index (χ0v) is 23.0. The van der Waals surface area contributed by atoms with Crippen LogP contribution in [0.25, 0.3) is 0 Å². The van der Waals surface area contributed by atoms with E-state index in [1.54, 1.807) is 0 Å². The molecule has 3 aromatic rings. The molecule has 1 amide bonds. The van der Waals surface area contributed by atoms with Gasteiger partial charge in [-0.3, -0.25) is 0 Å². The first kappa shape index (κ1) is 27.4. The van der Waals surface area contributed by atoms with Crippen LogP contribution in [0.3, 0.4) is 0 Å². The number of amides is 1. The molecule has 0 radical (unpaired) electrons. The molecule has 4 nitrogen and oxygen atoms in total. The number of hydrogen-bond acceptors (Lipinski definition) is 3. The second kappa shape index (κ2) is 12.7. The Morgan fingerprint density at radius 2 is 1.33 bits per heavy atom. The minimum absolute atomic E-state index is 0.155. The van der Waals surface area contributed by atoms with Gasteiger partial charge in [0.05, 0.1) is 27.8 Å². The van der Waals surface area contributed by atoms with Crippen molar-refractivity contribution in [2.45, 2.75) is 44.1 Å². The molecular weight excluding hydrogens is 462 g/mol. The highest BCUT2D eigenvalue weighted by atomic mass is 28.3. The summed E-state index contributed by atoms with van der Waals surface area (Å²) in [5.74, 6) is 0. The molecule has 36 heavy (non-hydrogen) atoms. The smallest absolute Gasteiger partial charge is 0.409 e. The van der Waals surface area contributed by atoms with Crippen LogP contribution >= 0.6 is 0 Å². The highest BCUT2D eigenvalue weighted by molar-refractivity contribution is 6.76. The first-order valence-corrected chi connectivity index (χ1v) is 16.3. The number of methoxy groups -OCH3 is 1. The van der Waals surface area contributed by atoms with Crippen molar-refractivity contribution in [1.82, 2.24) is 4.90 Å². The van der Waals surface area contributed by atoms with E-state index < -0.39 is 13.7 Å². The third-order valence-corrected chi connectivity index (χ3v) is 7.52. The summed E-state index contributed by atoms with van der Waals surface area (Å²) in [6.07, 6.45) is 3.81. The number of rotatable bonds is 12. The molecule has 0 N–H and O–H groups in total. The molecule has 1 unspecified atom stereocenters. The van der Waals surface area contributed by atoms with Crippen molar-refractivity contribution in [3.05, 3.63) is 120 Å². The van der Waals surface area contributed by atoms with E-state index in [0.29, 0.717) is 12.8 Å². The normalized spacial score (nSPS) is 12.6. The number of ether oxygens (including phenoxy) is 2. The summed E-state index contributed by atoms with van der Waals surface area (Å²) in [6, 6.07) is 30.8. The van der Waals surface area contributed by atoms with Crippen LogP contribution < -0.4 is 0 Å². The van der Waals surface area contributed by atoms with Gasteiger partial charge >= 0.3 is 6.09 Å². The second-order valence-corrected chi connectivity index (χ2v) is 15.7. The molecule has 0 bridgehead atoms. The average molecular weight is 502 g/mol. The van der Waals surface area contributed by atoms with Crippen molar-refractivity contribution >= 4 is 14.2 Å². The van der Waals surface area contributed by atoms with E-state index in [0.717, 1.165) is 29.5 Å². The van der Waals surface area contributed by atoms with Crippen LogP contribution in [-0.2, 0) is 15.1 Å². The fraction of sp³-hybridized carbons (Fsp3) is 0.323. The number of benzene rings is 3. The summed E-state index contributed by atoms with van der Waals surface area (Å²) in [7, 11) is -0.173. The standard InChI is InChI=1S/C31H39NO3Si/c1-6-7-23-29(32(30(33)34-2)25-36(3,4)5)24-35-31(26-17-11-8-12-18-26,27-19-13-9-14-20-27)28-21-15-10-16-22-28/h6,8-22,29H,1,7,23-25H2,2-5H3. The van der Waals surface area contributed by atoms with Crippen molar-refractivity contribution in [3.8, 4) is 0 Å². The Bertz CT molecular complexity index is 984. The molecule has 190 valence electrons. The molecule has 0 aliphatic carbocycles. The second-order valence-electron chi connectivity index (χ2n) is 10.3. The van der Waals surface area contributed by atoms with Crippen molar-refractivity contribution in [3.63, 3.8) is 0 Å². The molecule has 0 aliphatic heterocycles. The predicted octanol–water partition coefficient (Wildman–Crippen LogP) is 7.28. The van der Waals surface area contributed by atoms with Crippen LogP contribution in [0.2, 0.25) is 19.6 Å². The van der Waals surface area contributed by atoms with Crippen molar-refractivity contribution in [2.24, 2.45) is 0 Å². The largest absolute Gasteiger partial charge is 0.453 e. The fourth-order valence-corrected chi connectivity index (χ4v) is 6.01. The minimum Gasteiger partial charge on any atom is -0.453 e. The maximum Gasteiger partial charge on any atom is 0.409 e. The monoisotopic (exact) mass is 501 g/mol. The number of allylic oxidation sites excluding steroid dienone is 1. The Balaban J connectivity index is 2.12. The summed E-state index contributed by atoms with van der Waals surface area (Å²) in [4.78, 5) is 14.8. The summed E-state index contributed by atoms with van der Waals surface area (Å²) in [6.45, 7) is 11.1. The third kappa shape index (κ3) is 6.74. The van der Waals surface area contributed by atoms with Gasteiger partial charge in [-0.05, 0) is 29.5 Å². The van der Waals surface area contributed by atoms with Crippen LogP contribution in [0, 0.1) is 0 Å². The van der Waals surface area contributed by atoms with Gasteiger partial charge in [0, 0.05) is 6.17 Å². The first-order chi connectivity index (χ1) is 17.3. The topological polar surface area (TPSA) is 38.8 Å². The Morgan fingerprint density at radius 1 is 0.889 bits per heavy atom. The molecule has 0 saturated carbocycles. The number of carbonyl (C=O) groups is 1. The zero-order chi connectivity index (χ0) is 26.0. The lowest BCUT2D eigenvalue weighted by Crippen LogP contribution is -2.51. The van der Waals surface area contributed by atoms with Gasteiger partial charge in [0.25, 0.3) is 0 Å². The Hall–Kier alpha value is -3.15. The lowest BCUT2D eigenvalue weighted by molar-refractivity contribution is -0.0208. The number of hydrogen-bond donors (Lipinski definition) is 0. The van der Waals surface area contributed by atoms with Crippen LogP contribution in [0.5, 0.6) is 0 Å². The van der Waals surface area contributed by atoms with Crippen LogP contribution in [0.1, 0.15) is 29.5 Å². The van der Waals surface area contributed by atoms with Gasteiger partial charge in [0.1, 0.15) is 5.60 Å². The molecular formula is C31H39NO3Si. The Kier molecular flexibility index (Phi) is 9.68. The lowest BCUT2D eigenvalue weighted by Gasteiger charge is -2.40. The maximum absolute atomic E-state index is 13.0. The molecule has 0 saturated heterocycles. The van der Waals surface area contributed by atoms with Crippen molar-refractivity contribution < 1.29 is 14.3 Å². The summed E-state index contributed by atoms with van der Waals surface area (Å²) >= 11 is 0. The molecule has 3 aromatic carbocycles. The van der Waals surface area contributed by atoms with Gasteiger partial charge < -0.3 is 14.4 Å². The molecule has 0 heterocycles. The SMILES string of the molecule is C=CCCC(COC(c1ccccc1)(c1ccccc1)c1ccccc1)N(C[Si](C)(C)C)C(=O)OC. The quantitative estimate of drug-likeness (QED) is 0.149. The van der Waals surface area contributed by atoms with E-state index in [-0.39, 0.29) is 12.1 Å².